The third kappa shape index (κ3) is 4.93. The highest BCUT2D eigenvalue weighted by atomic mass is 16.8. The van der Waals surface area contributed by atoms with Gasteiger partial charge in [0, 0.05) is 6.61 Å². The van der Waals surface area contributed by atoms with Crippen LogP contribution in [0.4, 0.5) is 0 Å². The van der Waals surface area contributed by atoms with Gasteiger partial charge in [-0.3, -0.25) is 0 Å². The van der Waals surface area contributed by atoms with Crippen LogP contribution in [0.2, 0.25) is 0 Å². The van der Waals surface area contributed by atoms with Gasteiger partial charge in [-0.1, -0.05) is 6.07 Å². The molecule has 2 aliphatic rings. The van der Waals surface area contributed by atoms with Crippen molar-refractivity contribution in [1.82, 2.24) is 0 Å². The Morgan fingerprint density at radius 3 is 2.39 bits per heavy atom. The first-order chi connectivity index (χ1) is 14.7. The van der Waals surface area contributed by atoms with Gasteiger partial charge < -0.3 is 59.8 Å². The molecule has 0 amide bonds. The number of rotatable bonds is 8. The van der Waals surface area contributed by atoms with Gasteiger partial charge in [-0.25, -0.2) is 0 Å². The summed E-state index contributed by atoms with van der Waals surface area (Å²) in [5, 5.41) is 78.9. The van der Waals surface area contributed by atoms with Crippen molar-refractivity contribution < 1.29 is 59.8 Å². The molecule has 2 heterocycles. The summed E-state index contributed by atoms with van der Waals surface area (Å²) < 4.78 is 21.8. The smallest absolute Gasteiger partial charge is 0.229 e. The van der Waals surface area contributed by atoms with Crippen molar-refractivity contribution in [2.75, 3.05) is 26.4 Å². The average molecular weight is 448 g/mol. The molecule has 0 aliphatic carbocycles. The minimum Gasteiger partial charge on any atom is -0.504 e. The predicted octanol–water partition coefficient (Wildman–Crippen LogP) is -3.43. The van der Waals surface area contributed by atoms with Gasteiger partial charge >= 0.3 is 0 Å². The molecule has 31 heavy (non-hydrogen) atoms. The zero-order valence-corrected chi connectivity index (χ0v) is 16.5. The fourth-order valence-corrected chi connectivity index (χ4v) is 3.43. The molecule has 2 fully saturated rings. The summed E-state index contributed by atoms with van der Waals surface area (Å²) >= 11 is 0. The highest BCUT2D eigenvalue weighted by Crippen LogP contribution is 2.34. The maximum absolute atomic E-state index is 10.5. The molecule has 0 aromatic heterocycles. The molecule has 176 valence electrons. The van der Waals surface area contributed by atoms with E-state index in [9.17, 15) is 35.7 Å². The standard InChI is InChI=1S/C19H28O12/c20-4-3-9-1-2-11(10(23)5-9)29-17-15(14(25)13(24)12(6-21)30-17)31-18-16(26)19(27,7-22)8-28-18/h1-2,5,12-18,20-27H,3-4,6-8H2/t12-,13-,14+,15-,16+,17-,18+,19-/m1/s1. The third-order valence-electron chi connectivity index (χ3n) is 5.36. The van der Waals surface area contributed by atoms with E-state index in [1.54, 1.807) is 6.07 Å². The molecule has 1 aromatic rings. The highest BCUT2D eigenvalue weighted by Gasteiger charge is 2.53. The Morgan fingerprint density at radius 2 is 1.81 bits per heavy atom. The number of benzene rings is 1. The van der Waals surface area contributed by atoms with E-state index in [0.717, 1.165) is 0 Å². The van der Waals surface area contributed by atoms with Crippen LogP contribution >= 0.6 is 0 Å². The minimum atomic E-state index is -1.98. The average Bonchev–Trinajstić information content (AvgIpc) is 3.04. The van der Waals surface area contributed by atoms with Gasteiger partial charge in [0.2, 0.25) is 6.29 Å². The van der Waals surface area contributed by atoms with Gasteiger partial charge in [-0.15, -0.1) is 0 Å². The normalized spacial score (nSPS) is 38.4. The van der Waals surface area contributed by atoms with Crippen molar-refractivity contribution in [1.29, 1.82) is 0 Å². The Morgan fingerprint density at radius 1 is 1.06 bits per heavy atom. The number of hydrogen-bond acceptors (Lipinski definition) is 12. The van der Waals surface area contributed by atoms with Gasteiger partial charge in [0.05, 0.1) is 19.8 Å². The monoisotopic (exact) mass is 448 g/mol. The number of aliphatic hydroxyl groups excluding tert-OH is 6. The molecular weight excluding hydrogens is 420 g/mol. The maximum atomic E-state index is 10.5. The quantitative estimate of drug-likeness (QED) is 0.196. The fraction of sp³-hybridized carbons (Fsp3) is 0.684. The number of aliphatic hydroxyl groups is 7. The van der Waals surface area contributed by atoms with Crippen LogP contribution < -0.4 is 4.74 Å². The zero-order valence-electron chi connectivity index (χ0n) is 16.5. The number of phenols is 1. The fourth-order valence-electron chi connectivity index (χ4n) is 3.43. The lowest BCUT2D eigenvalue weighted by Crippen LogP contribution is -2.62. The van der Waals surface area contributed by atoms with E-state index in [4.69, 9.17) is 24.1 Å². The summed E-state index contributed by atoms with van der Waals surface area (Å²) in [5.74, 6) is -0.360. The summed E-state index contributed by atoms with van der Waals surface area (Å²) in [4.78, 5) is 0. The molecule has 0 radical (unpaired) electrons. The molecule has 0 spiro atoms. The molecule has 1 aromatic carbocycles. The van der Waals surface area contributed by atoms with Crippen molar-refractivity contribution in [3.05, 3.63) is 23.8 Å². The first kappa shape index (κ1) is 24.1. The molecule has 0 saturated carbocycles. The van der Waals surface area contributed by atoms with E-state index in [1.165, 1.54) is 12.1 Å². The molecule has 8 N–H and O–H groups in total. The van der Waals surface area contributed by atoms with Crippen LogP contribution in [-0.2, 0) is 20.6 Å². The zero-order chi connectivity index (χ0) is 22.8. The molecule has 3 rings (SSSR count). The van der Waals surface area contributed by atoms with E-state index in [2.05, 4.69) is 0 Å². The first-order valence-electron chi connectivity index (χ1n) is 9.74. The van der Waals surface area contributed by atoms with Crippen LogP contribution in [-0.4, -0.2) is 116 Å². The van der Waals surface area contributed by atoms with Crippen molar-refractivity contribution >= 4 is 0 Å². The number of hydrogen-bond donors (Lipinski definition) is 8. The summed E-state index contributed by atoms with van der Waals surface area (Å²) in [7, 11) is 0. The minimum absolute atomic E-state index is 0.0691. The van der Waals surface area contributed by atoms with Crippen LogP contribution in [0.1, 0.15) is 5.56 Å². The Kier molecular flexibility index (Phi) is 7.70. The van der Waals surface area contributed by atoms with Crippen LogP contribution in [0.3, 0.4) is 0 Å². The van der Waals surface area contributed by atoms with Crippen molar-refractivity contribution in [3.63, 3.8) is 0 Å². The van der Waals surface area contributed by atoms with Crippen LogP contribution in [0.5, 0.6) is 11.5 Å². The van der Waals surface area contributed by atoms with Crippen LogP contribution in [0, 0.1) is 0 Å². The van der Waals surface area contributed by atoms with E-state index >= 15 is 0 Å². The molecular formula is C19H28O12. The summed E-state index contributed by atoms with van der Waals surface area (Å²) in [6.45, 7) is -2.02. The lowest BCUT2D eigenvalue weighted by molar-refractivity contribution is -0.319. The largest absolute Gasteiger partial charge is 0.504 e. The van der Waals surface area contributed by atoms with E-state index < -0.39 is 68.5 Å². The van der Waals surface area contributed by atoms with Crippen LogP contribution in [0.15, 0.2) is 18.2 Å². The van der Waals surface area contributed by atoms with E-state index in [0.29, 0.717) is 12.0 Å². The molecule has 8 atom stereocenters. The molecule has 12 heteroatoms. The Labute approximate surface area is 177 Å². The van der Waals surface area contributed by atoms with Gasteiger partial charge in [0.1, 0.15) is 30.0 Å². The second kappa shape index (κ2) is 9.92. The summed E-state index contributed by atoms with van der Waals surface area (Å²) in [6.07, 6.45) is -10.3. The highest BCUT2D eigenvalue weighted by molar-refractivity contribution is 5.42. The number of aromatic hydroxyl groups is 1. The Bertz CT molecular complexity index is 732. The predicted molar refractivity (Wildman–Crippen MR) is 99.9 cm³/mol. The van der Waals surface area contributed by atoms with Crippen molar-refractivity contribution in [2.45, 2.75) is 55.1 Å². The van der Waals surface area contributed by atoms with Gasteiger partial charge in [-0.05, 0) is 24.1 Å². The lowest BCUT2D eigenvalue weighted by Gasteiger charge is -2.42. The topological polar surface area (TPSA) is 199 Å². The number of phenolic OH excluding ortho intramolecular Hbond substituents is 1. The van der Waals surface area contributed by atoms with E-state index in [1.807, 2.05) is 0 Å². The second-order valence-electron chi connectivity index (χ2n) is 7.59. The van der Waals surface area contributed by atoms with E-state index in [-0.39, 0.29) is 18.1 Å². The molecule has 2 saturated heterocycles. The lowest BCUT2D eigenvalue weighted by atomic mass is 9.98. The van der Waals surface area contributed by atoms with Gasteiger partial charge in [-0.2, -0.15) is 0 Å². The second-order valence-corrected chi connectivity index (χ2v) is 7.59. The summed E-state index contributed by atoms with van der Waals surface area (Å²) in [6, 6.07) is 4.35. The SMILES string of the molecule is OCCc1ccc(O[C@@H]2O[C@H](CO)[C@@H](O)[C@H](O)[C@H]2O[C@@H]2OC[C@](O)(CO)[C@H]2O)c(O)c1. The van der Waals surface area contributed by atoms with Gasteiger partial charge in [0.25, 0.3) is 0 Å². The molecule has 2 aliphatic heterocycles. The molecule has 12 nitrogen and oxygen atoms in total. The third-order valence-corrected chi connectivity index (χ3v) is 5.36. The first-order valence-corrected chi connectivity index (χ1v) is 9.74. The summed E-state index contributed by atoms with van der Waals surface area (Å²) in [5.41, 5.74) is -1.34. The van der Waals surface area contributed by atoms with Crippen LogP contribution in [0.25, 0.3) is 0 Å². The van der Waals surface area contributed by atoms with Crippen molar-refractivity contribution in [2.24, 2.45) is 0 Å². The molecule has 0 bridgehead atoms. The van der Waals surface area contributed by atoms with Crippen molar-refractivity contribution in [3.8, 4) is 11.5 Å². The Hall–Kier alpha value is -1.58. The van der Waals surface area contributed by atoms with Gasteiger partial charge in [0.15, 0.2) is 23.9 Å². The Balaban J connectivity index is 1.81. The number of ether oxygens (including phenoxy) is 4. The maximum Gasteiger partial charge on any atom is 0.229 e. The molecule has 0 unspecified atom stereocenters.